The second kappa shape index (κ2) is 4.67. The maximum absolute atomic E-state index is 5.51. The van der Waals surface area contributed by atoms with Crippen LogP contribution in [0.2, 0.25) is 0 Å². The number of anilines is 1. The molecule has 1 aromatic carbocycles. The Morgan fingerprint density at radius 2 is 1.94 bits per heavy atom. The Balaban J connectivity index is 2.37. The van der Waals surface area contributed by atoms with Gasteiger partial charge in [-0.05, 0) is 5.56 Å². The lowest BCUT2D eigenvalue weighted by atomic mass is 10.1. The van der Waals surface area contributed by atoms with Crippen LogP contribution in [0.15, 0.2) is 36.7 Å². The van der Waals surface area contributed by atoms with Crippen molar-refractivity contribution >= 4 is 5.95 Å². The topological polar surface area (TPSA) is 73.9 Å². The monoisotopic (exact) mass is 216 g/mol. The van der Waals surface area contributed by atoms with E-state index < -0.39 is 0 Å². The molecule has 16 heavy (non-hydrogen) atoms. The van der Waals surface area contributed by atoms with Gasteiger partial charge < -0.3 is 10.5 Å². The standard InChI is InChI=1S/C11H12N4O/c1-16-9(8-5-3-2-4-6-8)10-13-7-14-11(12)15-10/h2-7,9H,1H3,(H2,12,13,14,15). The Labute approximate surface area is 93.3 Å². The number of methoxy groups -OCH3 is 1. The molecule has 1 atom stereocenters. The quantitative estimate of drug-likeness (QED) is 0.834. The van der Waals surface area contributed by atoms with Gasteiger partial charge in [0.2, 0.25) is 5.95 Å². The summed E-state index contributed by atoms with van der Waals surface area (Å²) in [4.78, 5) is 11.9. The normalized spacial score (nSPS) is 12.3. The molecule has 5 nitrogen and oxygen atoms in total. The molecule has 1 heterocycles. The fourth-order valence-electron chi connectivity index (χ4n) is 1.47. The van der Waals surface area contributed by atoms with Crippen LogP contribution in [0.5, 0.6) is 0 Å². The molecule has 0 fully saturated rings. The second-order valence-electron chi connectivity index (χ2n) is 3.23. The first-order chi connectivity index (χ1) is 7.81. The van der Waals surface area contributed by atoms with Gasteiger partial charge in [0, 0.05) is 7.11 Å². The Morgan fingerprint density at radius 1 is 1.19 bits per heavy atom. The molecule has 0 amide bonds. The molecule has 0 saturated carbocycles. The molecular formula is C11H12N4O. The van der Waals surface area contributed by atoms with Gasteiger partial charge >= 0.3 is 0 Å². The van der Waals surface area contributed by atoms with E-state index in [2.05, 4.69) is 15.0 Å². The number of ether oxygens (including phenoxy) is 1. The third kappa shape index (κ3) is 2.14. The molecule has 2 rings (SSSR count). The summed E-state index contributed by atoms with van der Waals surface area (Å²) >= 11 is 0. The summed E-state index contributed by atoms with van der Waals surface area (Å²) in [5, 5.41) is 0. The molecular weight excluding hydrogens is 204 g/mol. The highest BCUT2D eigenvalue weighted by molar-refractivity contribution is 5.24. The summed E-state index contributed by atoms with van der Waals surface area (Å²) in [5.41, 5.74) is 6.49. The van der Waals surface area contributed by atoms with Gasteiger partial charge in [0.15, 0.2) is 5.82 Å². The van der Waals surface area contributed by atoms with Crippen LogP contribution in [-0.2, 0) is 4.74 Å². The lowest BCUT2D eigenvalue weighted by Crippen LogP contribution is -2.10. The van der Waals surface area contributed by atoms with Crippen molar-refractivity contribution in [3.63, 3.8) is 0 Å². The van der Waals surface area contributed by atoms with Crippen LogP contribution in [0.4, 0.5) is 5.95 Å². The Hall–Kier alpha value is -2.01. The van der Waals surface area contributed by atoms with Gasteiger partial charge in [-0.15, -0.1) is 0 Å². The predicted molar refractivity (Wildman–Crippen MR) is 59.5 cm³/mol. The Bertz CT molecular complexity index is 461. The number of aromatic nitrogens is 3. The van der Waals surface area contributed by atoms with E-state index >= 15 is 0 Å². The number of benzene rings is 1. The Kier molecular flexibility index (Phi) is 3.07. The van der Waals surface area contributed by atoms with Crippen LogP contribution < -0.4 is 5.73 Å². The van der Waals surface area contributed by atoms with Crippen LogP contribution in [0.1, 0.15) is 17.5 Å². The van der Waals surface area contributed by atoms with Gasteiger partial charge in [-0.25, -0.2) is 9.97 Å². The van der Waals surface area contributed by atoms with Crippen molar-refractivity contribution in [1.82, 2.24) is 15.0 Å². The maximum atomic E-state index is 5.51. The molecule has 5 heteroatoms. The summed E-state index contributed by atoms with van der Waals surface area (Å²) in [7, 11) is 1.61. The highest BCUT2D eigenvalue weighted by Gasteiger charge is 2.16. The molecule has 2 N–H and O–H groups in total. The van der Waals surface area contributed by atoms with Gasteiger partial charge in [-0.2, -0.15) is 4.98 Å². The van der Waals surface area contributed by atoms with Crippen molar-refractivity contribution in [2.75, 3.05) is 12.8 Å². The van der Waals surface area contributed by atoms with Crippen molar-refractivity contribution in [3.05, 3.63) is 48.0 Å². The lowest BCUT2D eigenvalue weighted by Gasteiger charge is -2.13. The van der Waals surface area contributed by atoms with Gasteiger partial charge in [0.1, 0.15) is 12.4 Å². The summed E-state index contributed by atoms with van der Waals surface area (Å²) in [6, 6.07) is 9.72. The van der Waals surface area contributed by atoms with Crippen LogP contribution in [0.25, 0.3) is 0 Å². The highest BCUT2D eigenvalue weighted by Crippen LogP contribution is 2.21. The van der Waals surface area contributed by atoms with E-state index in [9.17, 15) is 0 Å². The molecule has 0 saturated heterocycles. The maximum Gasteiger partial charge on any atom is 0.223 e. The zero-order valence-electron chi connectivity index (χ0n) is 8.87. The third-order valence-corrected chi connectivity index (χ3v) is 2.18. The minimum atomic E-state index is -0.313. The number of rotatable bonds is 3. The largest absolute Gasteiger partial charge is 0.369 e. The van der Waals surface area contributed by atoms with Crippen LogP contribution in [-0.4, -0.2) is 22.1 Å². The second-order valence-corrected chi connectivity index (χ2v) is 3.23. The van der Waals surface area contributed by atoms with Crippen LogP contribution in [0, 0.1) is 0 Å². The van der Waals surface area contributed by atoms with Gasteiger partial charge in [0.05, 0.1) is 0 Å². The summed E-state index contributed by atoms with van der Waals surface area (Å²) < 4.78 is 5.37. The zero-order valence-corrected chi connectivity index (χ0v) is 8.87. The molecule has 0 aliphatic heterocycles. The van der Waals surface area contributed by atoms with Crippen molar-refractivity contribution in [1.29, 1.82) is 0 Å². The number of nitrogens with zero attached hydrogens (tertiary/aromatic N) is 3. The minimum Gasteiger partial charge on any atom is -0.369 e. The zero-order chi connectivity index (χ0) is 11.4. The smallest absolute Gasteiger partial charge is 0.223 e. The van der Waals surface area contributed by atoms with E-state index in [0.29, 0.717) is 5.82 Å². The molecule has 2 aromatic rings. The van der Waals surface area contributed by atoms with Crippen molar-refractivity contribution in [3.8, 4) is 0 Å². The minimum absolute atomic E-state index is 0.197. The highest BCUT2D eigenvalue weighted by atomic mass is 16.5. The fourth-order valence-corrected chi connectivity index (χ4v) is 1.47. The van der Waals surface area contributed by atoms with Crippen molar-refractivity contribution < 1.29 is 4.74 Å². The van der Waals surface area contributed by atoms with Crippen LogP contribution >= 0.6 is 0 Å². The molecule has 1 aromatic heterocycles. The van der Waals surface area contributed by atoms with E-state index in [4.69, 9.17) is 10.5 Å². The molecule has 0 radical (unpaired) electrons. The van der Waals surface area contributed by atoms with Gasteiger partial charge in [-0.1, -0.05) is 30.3 Å². The average molecular weight is 216 g/mol. The Morgan fingerprint density at radius 3 is 2.56 bits per heavy atom. The third-order valence-electron chi connectivity index (χ3n) is 2.18. The van der Waals surface area contributed by atoms with Gasteiger partial charge in [-0.3, -0.25) is 0 Å². The van der Waals surface area contributed by atoms with Crippen LogP contribution in [0.3, 0.4) is 0 Å². The fraction of sp³-hybridized carbons (Fsp3) is 0.182. The summed E-state index contributed by atoms with van der Waals surface area (Å²) in [5.74, 6) is 0.712. The molecule has 0 aliphatic carbocycles. The summed E-state index contributed by atoms with van der Waals surface area (Å²) in [6.45, 7) is 0. The first kappa shape index (κ1) is 10.5. The number of nitrogens with two attached hydrogens (primary N) is 1. The molecule has 82 valence electrons. The SMILES string of the molecule is COC(c1ccccc1)c1ncnc(N)n1. The molecule has 1 unspecified atom stereocenters. The van der Waals surface area contributed by atoms with E-state index in [0.717, 1.165) is 5.56 Å². The van der Waals surface area contributed by atoms with E-state index in [-0.39, 0.29) is 12.1 Å². The van der Waals surface area contributed by atoms with Crippen molar-refractivity contribution in [2.45, 2.75) is 6.10 Å². The lowest BCUT2D eigenvalue weighted by molar-refractivity contribution is 0.129. The van der Waals surface area contributed by atoms with Gasteiger partial charge in [0.25, 0.3) is 0 Å². The summed E-state index contributed by atoms with van der Waals surface area (Å²) in [6.07, 6.45) is 1.07. The average Bonchev–Trinajstić information content (AvgIpc) is 2.31. The van der Waals surface area contributed by atoms with E-state index in [1.807, 2.05) is 30.3 Å². The number of hydrogen-bond acceptors (Lipinski definition) is 5. The van der Waals surface area contributed by atoms with Crippen molar-refractivity contribution in [2.24, 2.45) is 0 Å². The molecule has 0 bridgehead atoms. The molecule has 0 spiro atoms. The van der Waals surface area contributed by atoms with E-state index in [1.54, 1.807) is 7.11 Å². The first-order valence-electron chi connectivity index (χ1n) is 4.83. The van der Waals surface area contributed by atoms with E-state index in [1.165, 1.54) is 6.33 Å². The first-order valence-corrected chi connectivity index (χ1v) is 4.83. The number of hydrogen-bond donors (Lipinski definition) is 1. The predicted octanol–water partition coefficient (Wildman–Crippen LogP) is 1.19. The molecule has 0 aliphatic rings. The number of nitrogen functional groups attached to an aromatic ring is 1.